The van der Waals surface area contributed by atoms with Crippen LogP contribution >= 0.6 is 38.6 Å². The van der Waals surface area contributed by atoms with E-state index in [1.54, 1.807) is 29.0 Å². The fraction of sp³-hybridized carbons (Fsp3) is 0.100. The first-order valence-corrected chi connectivity index (χ1v) is 10.6. The highest BCUT2D eigenvalue weighted by molar-refractivity contribution is 9.11. The second-order valence-electron chi connectivity index (χ2n) is 5.77. The Labute approximate surface area is 168 Å². The van der Waals surface area contributed by atoms with Gasteiger partial charge in [-0.1, -0.05) is 36.4 Å². The SMILES string of the molecule is C=CCN(Cc1ccc(Br)s1)c1ncnc2sc(-c3ccccc3)cc12. The molecule has 4 aromatic rings. The molecule has 0 aliphatic heterocycles. The van der Waals surface area contributed by atoms with Crippen LogP contribution in [-0.4, -0.2) is 16.5 Å². The van der Waals surface area contributed by atoms with Gasteiger partial charge in [0.25, 0.3) is 0 Å². The zero-order chi connectivity index (χ0) is 17.9. The Balaban J connectivity index is 1.76. The second-order valence-corrected chi connectivity index (χ2v) is 9.35. The molecule has 0 N–H and O–H groups in total. The van der Waals surface area contributed by atoms with E-state index >= 15 is 0 Å². The fourth-order valence-electron chi connectivity index (χ4n) is 2.85. The highest BCUT2D eigenvalue weighted by atomic mass is 79.9. The maximum atomic E-state index is 4.60. The lowest BCUT2D eigenvalue weighted by Gasteiger charge is -2.22. The molecular formula is C20H16BrN3S2. The summed E-state index contributed by atoms with van der Waals surface area (Å²) in [5.74, 6) is 0.956. The predicted octanol–water partition coefficient (Wildman–Crippen LogP) is 6.37. The monoisotopic (exact) mass is 441 g/mol. The molecule has 3 aromatic heterocycles. The Morgan fingerprint density at radius 2 is 1.92 bits per heavy atom. The molecule has 0 amide bonds. The molecule has 1 aromatic carbocycles. The minimum absolute atomic E-state index is 0.734. The van der Waals surface area contributed by atoms with Gasteiger partial charge in [0.1, 0.15) is 17.0 Å². The van der Waals surface area contributed by atoms with Crippen molar-refractivity contribution >= 4 is 54.6 Å². The first-order valence-electron chi connectivity index (χ1n) is 8.14. The van der Waals surface area contributed by atoms with Crippen molar-refractivity contribution in [2.24, 2.45) is 0 Å². The van der Waals surface area contributed by atoms with E-state index in [0.29, 0.717) is 0 Å². The number of hydrogen-bond donors (Lipinski definition) is 0. The summed E-state index contributed by atoms with van der Waals surface area (Å²) < 4.78 is 1.14. The molecule has 0 atom stereocenters. The molecule has 0 fully saturated rings. The Bertz CT molecular complexity index is 1040. The van der Waals surface area contributed by atoms with Crippen molar-refractivity contribution in [1.29, 1.82) is 0 Å². The summed E-state index contributed by atoms with van der Waals surface area (Å²) in [6.45, 7) is 5.45. The lowest BCUT2D eigenvalue weighted by atomic mass is 10.2. The molecule has 3 nitrogen and oxygen atoms in total. The van der Waals surface area contributed by atoms with Crippen molar-refractivity contribution in [3.8, 4) is 10.4 Å². The molecular weight excluding hydrogens is 426 g/mol. The van der Waals surface area contributed by atoms with E-state index < -0.39 is 0 Å². The van der Waals surface area contributed by atoms with E-state index in [9.17, 15) is 0 Å². The van der Waals surface area contributed by atoms with Crippen LogP contribution in [0.1, 0.15) is 4.88 Å². The Morgan fingerprint density at radius 1 is 1.08 bits per heavy atom. The van der Waals surface area contributed by atoms with Gasteiger partial charge in [-0.2, -0.15) is 0 Å². The van der Waals surface area contributed by atoms with Crippen LogP contribution in [0.5, 0.6) is 0 Å². The maximum Gasteiger partial charge on any atom is 0.141 e. The quantitative estimate of drug-likeness (QED) is 0.325. The van der Waals surface area contributed by atoms with Crippen LogP contribution in [-0.2, 0) is 6.54 Å². The Morgan fingerprint density at radius 3 is 2.65 bits per heavy atom. The largest absolute Gasteiger partial charge is 0.347 e. The van der Waals surface area contributed by atoms with Crippen LogP contribution in [0.4, 0.5) is 5.82 Å². The molecule has 0 unspecified atom stereocenters. The van der Waals surface area contributed by atoms with Crippen molar-refractivity contribution in [3.05, 3.63) is 76.2 Å². The van der Waals surface area contributed by atoms with Crippen LogP contribution in [0.3, 0.4) is 0 Å². The van der Waals surface area contributed by atoms with Crippen LogP contribution in [0, 0.1) is 0 Å². The molecule has 130 valence electrons. The van der Waals surface area contributed by atoms with E-state index in [1.807, 2.05) is 12.1 Å². The van der Waals surface area contributed by atoms with Crippen LogP contribution in [0.25, 0.3) is 20.7 Å². The van der Waals surface area contributed by atoms with E-state index in [4.69, 9.17) is 0 Å². The number of benzene rings is 1. The smallest absolute Gasteiger partial charge is 0.141 e. The zero-order valence-electron chi connectivity index (χ0n) is 13.9. The lowest BCUT2D eigenvalue weighted by molar-refractivity contribution is 0.861. The molecule has 4 rings (SSSR count). The van der Waals surface area contributed by atoms with Gasteiger partial charge in [-0.3, -0.25) is 0 Å². The van der Waals surface area contributed by atoms with Crippen LogP contribution in [0.15, 0.2) is 71.3 Å². The highest BCUT2D eigenvalue weighted by Gasteiger charge is 2.16. The number of halogens is 1. The molecule has 0 aliphatic carbocycles. The van der Waals surface area contributed by atoms with E-state index in [-0.39, 0.29) is 0 Å². The van der Waals surface area contributed by atoms with Gasteiger partial charge in [-0.25, -0.2) is 9.97 Å². The average Bonchev–Trinajstić information content (AvgIpc) is 3.28. The average molecular weight is 442 g/mol. The van der Waals surface area contributed by atoms with Crippen LogP contribution in [0.2, 0.25) is 0 Å². The molecule has 0 aliphatic rings. The van der Waals surface area contributed by atoms with Gasteiger partial charge < -0.3 is 4.90 Å². The summed E-state index contributed by atoms with van der Waals surface area (Å²) >= 11 is 6.99. The van der Waals surface area contributed by atoms with Crippen molar-refractivity contribution < 1.29 is 0 Å². The standard InChI is InChI=1S/C20H16BrN3S2/c1-2-10-24(12-15-8-9-18(21)25-15)19-16-11-17(14-6-4-3-5-7-14)26-20(16)23-13-22-19/h2-9,11,13H,1,10,12H2. The van der Waals surface area contributed by atoms with Crippen molar-refractivity contribution in [2.75, 3.05) is 11.4 Å². The number of rotatable bonds is 6. The summed E-state index contributed by atoms with van der Waals surface area (Å²) in [5.41, 5.74) is 1.21. The topological polar surface area (TPSA) is 29.0 Å². The summed E-state index contributed by atoms with van der Waals surface area (Å²) in [6, 6.07) is 16.8. The van der Waals surface area contributed by atoms with Crippen molar-refractivity contribution in [1.82, 2.24) is 9.97 Å². The molecule has 0 saturated heterocycles. The second kappa shape index (κ2) is 7.70. The van der Waals surface area contributed by atoms with Gasteiger partial charge in [0.05, 0.1) is 15.7 Å². The number of anilines is 1. The minimum Gasteiger partial charge on any atom is -0.347 e. The lowest BCUT2D eigenvalue weighted by Crippen LogP contribution is -2.23. The molecule has 6 heteroatoms. The minimum atomic E-state index is 0.734. The number of hydrogen-bond acceptors (Lipinski definition) is 5. The highest BCUT2D eigenvalue weighted by Crippen LogP contribution is 2.36. The van der Waals surface area contributed by atoms with E-state index in [2.05, 4.69) is 79.8 Å². The molecule has 3 heterocycles. The van der Waals surface area contributed by atoms with Gasteiger partial charge in [0.15, 0.2) is 0 Å². The molecule has 26 heavy (non-hydrogen) atoms. The van der Waals surface area contributed by atoms with Crippen LogP contribution < -0.4 is 4.90 Å². The van der Waals surface area contributed by atoms with Gasteiger partial charge >= 0.3 is 0 Å². The summed E-state index contributed by atoms with van der Waals surface area (Å²) in [6.07, 6.45) is 3.57. The fourth-order valence-corrected chi connectivity index (χ4v) is 5.34. The summed E-state index contributed by atoms with van der Waals surface area (Å²) in [5, 5.41) is 1.09. The third-order valence-corrected chi connectivity index (χ3v) is 6.69. The van der Waals surface area contributed by atoms with Crippen molar-refractivity contribution in [2.45, 2.75) is 6.54 Å². The molecule has 0 saturated carbocycles. The first kappa shape index (κ1) is 17.4. The van der Waals surface area contributed by atoms with Gasteiger partial charge in [0.2, 0.25) is 0 Å². The third-order valence-electron chi connectivity index (χ3n) is 3.99. The number of nitrogens with zero attached hydrogens (tertiary/aromatic N) is 3. The number of fused-ring (bicyclic) bond motifs is 1. The summed E-state index contributed by atoms with van der Waals surface area (Å²) in [7, 11) is 0. The maximum absolute atomic E-state index is 4.60. The molecule has 0 radical (unpaired) electrons. The Kier molecular flexibility index (Phi) is 5.15. The summed E-state index contributed by atoms with van der Waals surface area (Å²) in [4.78, 5) is 14.8. The number of aromatic nitrogens is 2. The third kappa shape index (κ3) is 3.58. The normalized spacial score (nSPS) is 11.0. The van der Waals surface area contributed by atoms with Gasteiger partial charge in [0, 0.05) is 16.3 Å². The zero-order valence-corrected chi connectivity index (χ0v) is 17.1. The van der Waals surface area contributed by atoms with E-state index in [1.165, 1.54) is 15.3 Å². The Hall–Kier alpha value is -2.02. The number of thiophene rings is 2. The van der Waals surface area contributed by atoms with Gasteiger partial charge in [-0.05, 0) is 39.7 Å². The predicted molar refractivity (Wildman–Crippen MR) is 116 cm³/mol. The molecule has 0 spiro atoms. The first-order chi connectivity index (χ1) is 12.7. The van der Waals surface area contributed by atoms with Crippen molar-refractivity contribution in [3.63, 3.8) is 0 Å². The van der Waals surface area contributed by atoms with Gasteiger partial charge in [-0.15, -0.1) is 29.3 Å². The molecule has 0 bridgehead atoms. The van der Waals surface area contributed by atoms with E-state index in [0.717, 1.165) is 32.9 Å².